The lowest BCUT2D eigenvalue weighted by Gasteiger charge is -2.31. The smallest absolute Gasteiger partial charge is 0.273 e. The molecule has 144 valence electrons. The van der Waals surface area contributed by atoms with E-state index in [-0.39, 0.29) is 5.69 Å². The van der Waals surface area contributed by atoms with Crippen molar-refractivity contribution in [3.8, 4) is 5.75 Å². The van der Waals surface area contributed by atoms with Crippen LogP contribution in [0.5, 0.6) is 5.75 Å². The molecule has 0 aromatic heterocycles. The summed E-state index contributed by atoms with van der Waals surface area (Å²) in [5, 5.41) is 19.4. The second kappa shape index (κ2) is 7.55. The molecular formula is C22H18N4O3. The predicted octanol–water partition coefficient (Wildman–Crippen LogP) is 5.86. The highest BCUT2D eigenvalue weighted by atomic mass is 16.6. The van der Waals surface area contributed by atoms with Crippen LogP contribution in [0.3, 0.4) is 0 Å². The quantitative estimate of drug-likeness (QED) is 0.320. The summed E-state index contributed by atoms with van der Waals surface area (Å²) in [6.45, 7) is 0. The lowest BCUT2D eigenvalue weighted by molar-refractivity contribution is -0.384. The van der Waals surface area contributed by atoms with Gasteiger partial charge < -0.3 is 9.64 Å². The summed E-state index contributed by atoms with van der Waals surface area (Å²) in [6, 6.07) is 20.5. The van der Waals surface area contributed by atoms with Gasteiger partial charge in [0.1, 0.15) is 5.69 Å². The molecule has 7 nitrogen and oxygen atoms in total. The van der Waals surface area contributed by atoms with Crippen LogP contribution in [0.2, 0.25) is 0 Å². The number of nitrogens with zero attached hydrogens (tertiary/aromatic N) is 4. The minimum absolute atomic E-state index is 0.0580. The van der Waals surface area contributed by atoms with Gasteiger partial charge in [0.05, 0.1) is 24.3 Å². The summed E-state index contributed by atoms with van der Waals surface area (Å²) in [5.74, 6) is 0.297. The van der Waals surface area contributed by atoms with E-state index >= 15 is 0 Å². The van der Waals surface area contributed by atoms with Gasteiger partial charge in [-0.25, -0.2) is 0 Å². The number of azo groups is 1. The summed E-state index contributed by atoms with van der Waals surface area (Å²) >= 11 is 0. The van der Waals surface area contributed by atoms with Gasteiger partial charge in [-0.1, -0.05) is 36.4 Å². The van der Waals surface area contributed by atoms with Gasteiger partial charge in [-0.2, -0.15) is 5.11 Å². The Kier molecular flexibility index (Phi) is 4.78. The molecule has 0 radical (unpaired) electrons. The van der Waals surface area contributed by atoms with E-state index in [1.165, 1.54) is 25.3 Å². The van der Waals surface area contributed by atoms with Gasteiger partial charge in [-0.15, -0.1) is 5.11 Å². The fourth-order valence-corrected chi connectivity index (χ4v) is 3.41. The van der Waals surface area contributed by atoms with Gasteiger partial charge in [0.2, 0.25) is 0 Å². The normalized spacial score (nSPS) is 12.5. The summed E-state index contributed by atoms with van der Waals surface area (Å²) < 4.78 is 5.22. The molecule has 3 aromatic rings. The van der Waals surface area contributed by atoms with E-state index in [9.17, 15) is 10.1 Å². The van der Waals surface area contributed by atoms with Crippen molar-refractivity contribution < 1.29 is 9.66 Å². The Morgan fingerprint density at radius 2 is 1.62 bits per heavy atom. The molecule has 7 heteroatoms. The molecule has 0 spiro atoms. The zero-order valence-corrected chi connectivity index (χ0v) is 15.9. The molecule has 0 saturated heterocycles. The molecule has 4 rings (SSSR count). The van der Waals surface area contributed by atoms with Crippen molar-refractivity contribution >= 4 is 28.3 Å². The van der Waals surface area contributed by atoms with E-state index < -0.39 is 4.92 Å². The maximum Gasteiger partial charge on any atom is 0.273 e. The number of benzene rings is 3. The molecular weight excluding hydrogens is 368 g/mol. The van der Waals surface area contributed by atoms with E-state index in [0.717, 1.165) is 28.1 Å². The number of anilines is 2. The molecule has 3 aromatic carbocycles. The topological polar surface area (TPSA) is 80.3 Å². The van der Waals surface area contributed by atoms with Crippen molar-refractivity contribution in [3.63, 3.8) is 0 Å². The van der Waals surface area contributed by atoms with Crippen LogP contribution in [-0.4, -0.2) is 19.1 Å². The zero-order chi connectivity index (χ0) is 20.4. The molecule has 1 aliphatic heterocycles. The maximum atomic E-state index is 10.9. The maximum absolute atomic E-state index is 10.9. The van der Waals surface area contributed by atoms with Crippen LogP contribution in [0.15, 0.2) is 83.2 Å². The molecule has 0 aliphatic carbocycles. The number of para-hydroxylation sites is 2. The van der Waals surface area contributed by atoms with Gasteiger partial charge >= 0.3 is 0 Å². The van der Waals surface area contributed by atoms with Crippen LogP contribution in [0.25, 0.3) is 5.57 Å². The summed E-state index contributed by atoms with van der Waals surface area (Å²) in [4.78, 5) is 12.6. The third-order valence-corrected chi connectivity index (χ3v) is 4.84. The number of hydrogen-bond acceptors (Lipinski definition) is 6. The van der Waals surface area contributed by atoms with E-state index in [1.54, 1.807) is 6.20 Å². The van der Waals surface area contributed by atoms with Crippen molar-refractivity contribution in [1.29, 1.82) is 0 Å². The van der Waals surface area contributed by atoms with E-state index in [2.05, 4.69) is 39.4 Å². The third-order valence-electron chi connectivity index (χ3n) is 4.84. The van der Waals surface area contributed by atoms with Crippen molar-refractivity contribution in [2.75, 3.05) is 19.1 Å². The molecule has 1 aliphatic rings. The molecule has 0 amide bonds. The first-order valence-corrected chi connectivity index (χ1v) is 8.96. The summed E-state index contributed by atoms with van der Waals surface area (Å²) in [6.07, 6.45) is 1.71. The number of ether oxygens (including phenoxy) is 1. The second-order valence-corrected chi connectivity index (χ2v) is 6.46. The van der Waals surface area contributed by atoms with Gasteiger partial charge in [-0.05, 0) is 18.2 Å². The van der Waals surface area contributed by atoms with Crippen LogP contribution in [0.4, 0.5) is 22.7 Å². The van der Waals surface area contributed by atoms with Crippen molar-refractivity contribution in [2.24, 2.45) is 10.2 Å². The largest absolute Gasteiger partial charge is 0.494 e. The Morgan fingerprint density at radius 1 is 1.00 bits per heavy atom. The van der Waals surface area contributed by atoms with Crippen LogP contribution < -0.4 is 9.64 Å². The van der Waals surface area contributed by atoms with Crippen LogP contribution in [0.1, 0.15) is 11.1 Å². The van der Waals surface area contributed by atoms with Crippen LogP contribution >= 0.6 is 0 Å². The van der Waals surface area contributed by atoms with Gasteiger partial charge in [0.25, 0.3) is 5.69 Å². The molecule has 0 bridgehead atoms. The molecule has 0 unspecified atom stereocenters. The number of rotatable bonds is 4. The van der Waals surface area contributed by atoms with E-state index in [1.807, 2.05) is 31.3 Å². The first kappa shape index (κ1) is 18.4. The molecule has 0 N–H and O–H groups in total. The fraction of sp³-hybridized carbons (Fsp3) is 0.0909. The van der Waals surface area contributed by atoms with Crippen molar-refractivity contribution in [1.82, 2.24) is 0 Å². The number of non-ortho nitro benzene ring substituents is 1. The highest BCUT2D eigenvalue weighted by Gasteiger charge is 2.23. The standard InChI is InChI=1S/C22H18N4O3/c1-25-20-9-5-3-7-16(20)18(17-8-4-6-10-21(17)25)14-23-24-19-12-11-15(26(27)28)13-22(19)29-2/h3-14H,1-2H3. The average Bonchev–Trinajstić information content (AvgIpc) is 2.76. The summed E-state index contributed by atoms with van der Waals surface area (Å²) in [5.41, 5.74) is 5.61. The lowest BCUT2D eigenvalue weighted by atomic mass is 9.91. The number of hydrogen-bond donors (Lipinski definition) is 0. The Labute approximate surface area is 167 Å². The Morgan fingerprint density at radius 3 is 2.21 bits per heavy atom. The second-order valence-electron chi connectivity index (χ2n) is 6.46. The SMILES string of the molecule is COc1cc([N+](=O)[O-])ccc1N=NC=C1c2ccccc2N(C)c2ccccc21. The van der Waals surface area contributed by atoms with E-state index in [0.29, 0.717) is 11.4 Å². The van der Waals surface area contributed by atoms with Crippen molar-refractivity contribution in [3.05, 3.63) is 94.2 Å². The average molecular weight is 386 g/mol. The molecule has 29 heavy (non-hydrogen) atoms. The minimum Gasteiger partial charge on any atom is -0.494 e. The molecule has 1 heterocycles. The Balaban J connectivity index is 1.76. The zero-order valence-electron chi connectivity index (χ0n) is 15.9. The van der Waals surface area contributed by atoms with E-state index in [4.69, 9.17) is 4.74 Å². The monoisotopic (exact) mass is 386 g/mol. The highest BCUT2D eigenvalue weighted by molar-refractivity contribution is 5.97. The highest BCUT2D eigenvalue weighted by Crippen LogP contribution is 2.44. The Hall–Kier alpha value is -4.00. The van der Waals surface area contributed by atoms with Gasteiger partial charge in [0.15, 0.2) is 5.75 Å². The number of nitro groups is 1. The van der Waals surface area contributed by atoms with Crippen molar-refractivity contribution in [2.45, 2.75) is 0 Å². The number of nitro benzene ring substituents is 1. The molecule has 0 atom stereocenters. The Bertz CT molecular complexity index is 1100. The van der Waals surface area contributed by atoms with Gasteiger partial charge in [-0.3, -0.25) is 10.1 Å². The third kappa shape index (κ3) is 3.34. The van der Waals surface area contributed by atoms with Crippen LogP contribution in [0, 0.1) is 10.1 Å². The minimum atomic E-state index is -0.474. The first-order valence-electron chi connectivity index (χ1n) is 8.96. The van der Waals surface area contributed by atoms with Gasteiger partial charge in [0, 0.05) is 41.2 Å². The molecule has 0 saturated carbocycles. The predicted molar refractivity (Wildman–Crippen MR) is 112 cm³/mol. The fourth-order valence-electron chi connectivity index (χ4n) is 3.41. The molecule has 0 fully saturated rings. The number of fused-ring (bicyclic) bond motifs is 2. The number of methoxy groups -OCH3 is 1. The first-order chi connectivity index (χ1) is 14.1. The summed E-state index contributed by atoms with van der Waals surface area (Å²) in [7, 11) is 3.48. The lowest BCUT2D eigenvalue weighted by Crippen LogP contribution is -2.17. The van der Waals surface area contributed by atoms with Crippen LogP contribution in [-0.2, 0) is 0 Å².